The highest BCUT2D eigenvalue weighted by atomic mass is 32.2. The standard InChI is InChI=1S/C23H28N6O3S/c1-28-8-10-29(11-9-28)21-12-18(15-31-2)26-23(27-21)33-16-19-5-6-20(32-19)22(30)25-14-17-4-3-7-24-13-17/h3-7,12-13H,8-11,14-16H2,1-2H3,(H,25,30). The average Bonchev–Trinajstić information content (AvgIpc) is 3.32. The second-order valence-electron chi connectivity index (χ2n) is 7.82. The molecule has 1 amide bonds. The number of pyridine rings is 1. The molecule has 0 bridgehead atoms. The number of rotatable bonds is 9. The molecule has 3 aromatic rings. The van der Waals surface area contributed by atoms with Gasteiger partial charge in [-0.1, -0.05) is 17.8 Å². The molecule has 0 aliphatic carbocycles. The normalized spacial score (nSPS) is 14.4. The quantitative estimate of drug-likeness (QED) is 0.375. The Morgan fingerprint density at radius 3 is 2.82 bits per heavy atom. The Labute approximate surface area is 197 Å². The smallest absolute Gasteiger partial charge is 0.287 e. The summed E-state index contributed by atoms with van der Waals surface area (Å²) in [5, 5.41) is 3.51. The van der Waals surface area contributed by atoms with Gasteiger partial charge in [0.2, 0.25) is 0 Å². The number of carbonyl (C=O) groups is 1. The Morgan fingerprint density at radius 2 is 2.06 bits per heavy atom. The van der Waals surface area contributed by atoms with E-state index in [-0.39, 0.29) is 11.7 Å². The van der Waals surface area contributed by atoms with E-state index in [4.69, 9.17) is 14.1 Å². The Kier molecular flexibility index (Phi) is 7.92. The number of likely N-dealkylation sites (N-methyl/N-ethyl adjacent to an activating group) is 1. The highest BCUT2D eigenvalue weighted by Gasteiger charge is 2.18. The molecule has 0 radical (unpaired) electrons. The summed E-state index contributed by atoms with van der Waals surface area (Å²) in [5.74, 6) is 2.15. The van der Waals surface area contributed by atoms with Crippen LogP contribution in [-0.2, 0) is 23.6 Å². The molecule has 0 aromatic carbocycles. The van der Waals surface area contributed by atoms with Gasteiger partial charge in [0.1, 0.15) is 11.6 Å². The van der Waals surface area contributed by atoms with Crippen LogP contribution in [0.15, 0.2) is 52.3 Å². The third-order valence-electron chi connectivity index (χ3n) is 5.27. The highest BCUT2D eigenvalue weighted by Crippen LogP contribution is 2.25. The number of hydrogen-bond acceptors (Lipinski definition) is 9. The summed E-state index contributed by atoms with van der Waals surface area (Å²) < 4.78 is 11.0. The van der Waals surface area contributed by atoms with E-state index in [1.807, 2.05) is 24.3 Å². The maximum Gasteiger partial charge on any atom is 0.287 e. The number of thioether (sulfide) groups is 1. The van der Waals surface area contributed by atoms with E-state index >= 15 is 0 Å². The molecule has 10 heteroatoms. The molecule has 1 fully saturated rings. The molecule has 33 heavy (non-hydrogen) atoms. The molecular weight excluding hydrogens is 440 g/mol. The second-order valence-corrected chi connectivity index (χ2v) is 8.76. The van der Waals surface area contributed by atoms with Crippen molar-refractivity contribution in [1.29, 1.82) is 0 Å². The van der Waals surface area contributed by atoms with Crippen LogP contribution < -0.4 is 10.2 Å². The number of furan rings is 1. The van der Waals surface area contributed by atoms with Crippen LogP contribution in [0.25, 0.3) is 0 Å². The maximum absolute atomic E-state index is 12.4. The molecule has 4 heterocycles. The fourth-order valence-electron chi connectivity index (χ4n) is 3.43. The van der Waals surface area contributed by atoms with Crippen LogP contribution in [0.3, 0.4) is 0 Å². The van der Waals surface area contributed by atoms with E-state index in [9.17, 15) is 4.79 Å². The van der Waals surface area contributed by atoms with Gasteiger partial charge >= 0.3 is 0 Å². The summed E-state index contributed by atoms with van der Waals surface area (Å²) in [6.07, 6.45) is 3.42. The average molecular weight is 469 g/mol. The number of hydrogen-bond donors (Lipinski definition) is 1. The Hall–Kier alpha value is -2.95. The molecule has 0 saturated carbocycles. The summed E-state index contributed by atoms with van der Waals surface area (Å²) >= 11 is 1.48. The molecule has 1 aliphatic heterocycles. The number of nitrogens with one attached hydrogen (secondary N) is 1. The Balaban J connectivity index is 1.37. The molecule has 0 atom stereocenters. The van der Waals surface area contributed by atoms with Gasteiger partial charge in [0.25, 0.3) is 5.91 Å². The first-order chi connectivity index (χ1) is 16.1. The second kappa shape index (κ2) is 11.3. The lowest BCUT2D eigenvalue weighted by atomic mass is 10.3. The number of amides is 1. The first kappa shape index (κ1) is 23.2. The molecule has 1 saturated heterocycles. The molecule has 1 N–H and O–H groups in total. The van der Waals surface area contributed by atoms with E-state index in [0.717, 1.165) is 43.3 Å². The number of methoxy groups -OCH3 is 1. The van der Waals surface area contributed by atoms with E-state index < -0.39 is 0 Å². The van der Waals surface area contributed by atoms with Gasteiger partial charge in [-0.25, -0.2) is 9.97 Å². The minimum Gasteiger partial charge on any atom is -0.455 e. The first-order valence-corrected chi connectivity index (χ1v) is 11.8. The lowest BCUT2D eigenvalue weighted by Gasteiger charge is -2.33. The van der Waals surface area contributed by atoms with Gasteiger partial charge in [0.05, 0.1) is 18.1 Å². The summed E-state index contributed by atoms with van der Waals surface area (Å²) in [6, 6.07) is 9.24. The number of aromatic nitrogens is 3. The molecule has 4 rings (SSSR count). The predicted octanol–water partition coefficient (Wildman–Crippen LogP) is 2.59. The lowest BCUT2D eigenvalue weighted by Crippen LogP contribution is -2.44. The minimum atomic E-state index is -0.259. The van der Waals surface area contributed by atoms with Crippen molar-refractivity contribution in [1.82, 2.24) is 25.2 Å². The number of piperazine rings is 1. The molecule has 3 aromatic heterocycles. The third kappa shape index (κ3) is 6.53. The monoisotopic (exact) mass is 468 g/mol. The summed E-state index contributed by atoms with van der Waals surface area (Å²) in [4.78, 5) is 30.4. The van der Waals surface area contributed by atoms with Crippen LogP contribution >= 0.6 is 11.8 Å². The maximum atomic E-state index is 12.4. The number of anilines is 1. The van der Waals surface area contributed by atoms with Crippen LogP contribution in [0.4, 0.5) is 5.82 Å². The van der Waals surface area contributed by atoms with Crippen molar-refractivity contribution in [3.05, 3.63) is 65.5 Å². The Morgan fingerprint density at radius 1 is 1.21 bits per heavy atom. The fourth-order valence-corrected chi connectivity index (χ4v) is 4.20. The first-order valence-electron chi connectivity index (χ1n) is 10.8. The van der Waals surface area contributed by atoms with E-state index in [2.05, 4.69) is 32.1 Å². The molecule has 9 nitrogen and oxygen atoms in total. The number of ether oxygens (including phenoxy) is 1. The van der Waals surface area contributed by atoms with Crippen molar-refractivity contribution in [2.75, 3.05) is 45.2 Å². The molecule has 0 spiro atoms. The van der Waals surface area contributed by atoms with Gasteiger partial charge in [0.15, 0.2) is 10.9 Å². The minimum absolute atomic E-state index is 0.259. The van der Waals surface area contributed by atoms with Crippen LogP contribution in [0.1, 0.15) is 27.6 Å². The van der Waals surface area contributed by atoms with Gasteiger partial charge in [-0.2, -0.15) is 0 Å². The van der Waals surface area contributed by atoms with Crippen molar-refractivity contribution in [2.45, 2.75) is 24.1 Å². The topological polar surface area (TPSA) is 96.6 Å². The van der Waals surface area contributed by atoms with Crippen LogP contribution in [0, 0.1) is 0 Å². The summed E-state index contributed by atoms with van der Waals surface area (Å²) in [5.41, 5.74) is 1.77. The number of nitrogens with zero attached hydrogens (tertiary/aromatic N) is 5. The zero-order valence-electron chi connectivity index (χ0n) is 18.9. The number of carbonyl (C=O) groups excluding carboxylic acids is 1. The van der Waals surface area contributed by atoms with Crippen molar-refractivity contribution in [3.63, 3.8) is 0 Å². The van der Waals surface area contributed by atoms with Crippen molar-refractivity contribution in [3.8, 4) is 0 Å². The Bertz CT molecular complexity index is 1050. The van der Waals surface area contributed by atoms with E-state index in [1.54, 1.807) is 25.6 Å². The zero-order valence-corrected chi connectivity index (χ0v) is 19.7. The summed E-state index contributed by atoms with van der Waals surface area (Å²) in [6.45, 7) is 4.69. The van der Waals surface area contributed by atoms with Crippen LogP contribution in [-0.4, -0.2) is 66.1 Å². The molecule has 0 unspecified atom stereocenters. The van der Waals surface area contributed by atoms with Crippen LogP contribution in [0.2, 0.25) is 0 Å². The van der Waals surface area contributed by atoms with Crippen LogP contribution in [0.5, 0.6) is 0 Å². The largest absolute Gasteiger partial charge is 0.455 e. The van der Waals surface area contributed by atoms with Crippen molar-refractivity contribution in [2.24, 2.45) is 0 Å². The molecular formula is C23H28N6O3S. The van der Waals surface area contributed by atoms with Gasteiger partial charge in [-0.15, -0.1) is 0 Å². The van der Waals surface area contributed by atoms with E-state index in [0.29, 0.717) is 29.8 Å². The van der Waals surface area contributed by atoms with Crippen molar-refractivity contribution >= 4 is 23.5 Å². The molecule has 174 valence electrons. The SMILES string of the molecule is COCc1cc(N2CCN(C)CC2)nc(SCc2ccc(C(=O)NCc3cccnc3)o2)n1. The molecule has 1 aliphatic rings. The van der Waals surface area contributed by atoms with E-state index in [1.165, 1.54) is 11.8 Å². The van der Waals surface area contributed by atoms with Gasteiger partial charge in [-0.3, -0.25) is 9.78 Å². The highest BCUT2D eigenvalue weighted by molar-refractivity contribution is 7.98. The zero-order chi connectivity index (χ0) is 23.0. The van der Waals surface area contributed by atoms with Crippen molar-refractivity contribution < 1.29 is 13.9 Å². The third-order valence-corrected chi connectivity index (χ3v) is 6.14. The van der Waals surface area contributed by atoms with Gasteiger partial charge < -0.3 is 24.3 Å². The van der Waals surface area contributed by atoms with Gasteiger partial charge in [0, 0.05) is 58.3 Å². The fraction of sp³-hybridized carbons (Fsp3) is 0.391. The summed E-state index contributed by atoms with van der Waals surface area (Å²) in [7, 11) is 3.79. The lowest BCUT2D eigenvalue weighted by molar-refractivity contribution is 0.0921. The predicted molar refractivity (Wildman–Crippen MR) is 126 cm³/mol. The van der Waals surface area contributed by atoms with Gasteiger partial charge in [-0.05, 0) is 30.8 Å².